The molecule has 0 bridgehead atoms. The van der Waals surface area contributed by atoms with Crippen LogP contribution in [0.15, 0.2) is 66.7 Å². The number of hydrogen-bond acceptors (Lipinski definition) is 3. The van der Waals surface area contributed by atoms with Gasteiger partial charge in [-0.05, 0) is 49.2 Å². The van der Waals surface area contributed by atoms with E-state index < -0.39 is 0 Å². The molecule has 0 aliphatic heterocycles. The Hall–Kier alpha value is -3.41. The topological polar surface area (TPSA) is 81.8 Å². The maximum Gasteiger partial charge on any atom is 0.156 e. The number of aliphatic imine (C=N–C) groups is 1. The Morgan fingerprint density at radius 3 is 2.80 bits per heavy atom. The van der Waals surface area contributed by atoms with Gasteiger partial charge < -0.3 is 10.3 Å². The molecule has 0 unspecified atom stereocenters. The zero-order valence-electron chi connectivity index (χ0n) is 14.3. The van der Waals surface area contributed by atoms with Crippen LogP contribution in [0.4, 0.5) is 5.82 Å². The van der Waals surface area contributed by atoms with Crippen molar-refractivity contribution in [1.82, 2.24) is 25.5 Å². The number of amidine groups is 1. The Balaban J connectivity index is 2.06. The van der Waals surface area contributed by atoms with Gasteiger partial charge in [0.2, 0.25) is 0 Å². The summed E-state index contributed by atoms with van der Waals surface area (Å²) in [6.45, 7) is 11.7. The van der Waals surface area contributed by atoms with Crippen LogP contribution in [0.2, 0.25) is 0 Å². The summed E-state index contributed by atoms with van der Waals surface area (Å²) in [5.74, 6) is 1.25. The molecule has 3 rings (SSSR count). The van der Waals surface area contributed by atoms with E-state index in [1.807, 2.05) is 38.2 Å². The number of aryl methyl sites for hydroxylation is 1. The maximum atomic E-state index is 4.66. The zero-order valence-corrected chi connectivity index (χ0v) is 14.3. The lowest BCUT2D eigenvalue weighted by atomic mass is 10.1. The molecule has 0 radical (unpaired) electrons. The predicted molar refractivity (Wildman–Crippen MR) is 101 cm³/mol. The molecule has 126 valence electrons. The first-order valence-corrected chi connectivity index (χ1v) is 7.86. The fourth-order valence-corrected chi connectivity index (χ4v) is 2.47. The predicted octanol–water partition coefficient (Wildman–Crippen LogP) is 3.78. The Morgan fingerprint density at radius 2 is 2.12 bits per heavy atom. The van der Waals surface area contributed by atoms with E-state index >= 15 is 0 Å². The van der Waals surface area contributed by atoms with Crippen LogP contribution >= 0.6 is 0 Å². The third-order valence-corrected chi connectivity index (χ3v) is 3.82. The number of hydrogen-bond donors (Lipinski definition) is 3. The number of H-pyrrole nitrogens is 2. The second-order valence-electron chi connectivity index (χ2n) is 5.68. The smallest absolute Gasteiger partial charge is 0.156 e. The van der Waals surface area contributed by atoms with Gasteiger partial charge in [0, 0.05) is 29.9 Å². The third kappa shape index (κ3) is 3.58. The van der Waals surface area contributed by atoms with Crippen LogP contribution in [0.1, 0.15) is 16.8 Å². The average Bonchev–Trinajstić information content (AvgIpc) is 3.23. The maximum absolute atomic E-state index is 4.66. The number of nitrogens with zero attached hydrogens (tertiary/aromatic N) is 3. The van der Waals surface area contributed by atoms with Crippen molar-refractivity contribution < 1.29 is 0 Å². The van der Waals surface area contributed by atoms with Gasteiger partial charge in [-0.2, -0.15) is 5.10 Å². The monoisotopic (exact) mass is 332 g/mol. The molecular weight excluding hydrogens is 312 g/mol. The van der Waals surface area contributed by atoms with E-state index in [1.54, 1.807) is 18.5 Å². The highest BCUT2D eigenvalue weighted by atomic mass is 15.1. The molecule has 3 heterocycles. The molecule has 0 fully saturated rings. The number of aromatic amines is 2. The second kappa shape index (κ2) is 7.00. The van der Waals surface area contributed by atoms with Gasteiger partial charge in [0.25, 0.3) is 0 Å². The first-order valence-electron chi connectivity index (χ1n) is 7.86. The van der Waals surface area contributed by atoms with Gasteiger partial charge >= 0.3 is 0 Å². The van der Waals surface area contributed by atoms with Gasteiger partial charge in [-0.3, -0.25) is 5.10 Å². The second-order valence-corrected chi connectivity index (χ2v) is 5.68. The molecule has 0 saturated heterocycles. The summed E-state index contributed by atoms with van der Waals surface area (Å²) in [7, 11) is 0. The summed E-state index contributed by atoms with van der Waals surface area (Å²) >= 11 is 0. The highest BCUT2D eigenvalue weighted by Gasteiger charge is 2.15. The van der Waals surface area contributed by atoms with Crippen molar-refractivity contribution in [1.29, 1.82) is 0 Å². The molecule has 3 aromatic rings. The third-order valence-electron chi connectivity index (χ3n) is 3.82. The van der Waals surface area contributed by atoms with Crippen LogP contribution in [0, 0.1) is 13.8 Å². The van der Waals surface area contributed by atoms with E-state index in [0.29, 0.717) is 17.4 Å². The molecule has 25 heavy (non-hydrogen) atoms. The minimum absolute atomic E-state index is 0.622. The summed E-state index contributed by atoms with van der Waals surface area (Å²) in [4.78, 5) is 12.3. The lowest BCUT2D eigenvalue weighted by Crippen LogP contribution is -2.23. The van der Waals surface area contributed by atoms with Crippen LogP contribution in [0.3, 0.4) is 0 Å². The van der Waals surface area contributed by atoms with Crippen molar-refractivity contribution in [2.24, 2.45) is 4.99 Å². The van der Waals surface area contributed by atoms with Crippen LogP contribution in [0.5, 0.6) is 0 Å². The normalized spacial score (nSPS) is 11.4. The minimum Gasteiger partial charge on any atom is -0.358 e. The Morgan fingerprint density at radius 1 is 1.28 bits per heavy atom. The summed E-state index contributed by atoms with van der Waals surface area (Å²) in [5.41, 5.74) is 5.62. The highest BCUT2D eigenvalue weighted by Crippen LogP contribution is 2.24. The largest absolute Gasteiger partial charge is 0.358 e. The minimum atomic E-state index is 0.622. The molecule has 0 spiro atoms. The molecule has 3 N–H and O–H groups in total. The van der Waals surface area contributed by atoms with Crippen molar-refractivity contribution in [3.8, 4) is 11.3 Å². The van der Waals surface area contributed by atoms with E-state index in [2.05, 4.69) is 43.6 Å². The first-order chi connectivity index (χ1) is 12.1. The van der Waals surface area contributed by atoms with Gasteiger partial charge in [0.15, 0.2) is 11.7 Å². The first kappa shape index (κ1) is 16.4. The number of rotatable bonds is 5. The van der Waals surface area contributed by atoms with E-state index in [-0.39, 0.29) is 0 Å². The molecule has 0 atom stereocenters. The van der Waals surface area contributed by atoms with E-state index in [9.17, 15) is 0 Å². The quantitative estimate of drug-likeness (QED) is 0.378. The van der Waals surface area contributed by atoms with Crippen molar-refractivity contribution in [3.63, 3.8) is 0 Å². The highest BCUT2D eigenvalue weighted by molar-refractivity contribution is 6.02. The number of nitrogens with one attached hydrogen (secondary N) is 3. The molecule has 0 saturated carbocycles. The van der Waals surface area contributed by atoms with Crippen molar-refractivity contribution in [2.45, 2.75) is 13.8 Å². The van der Waals surface area contributed by atoms with Gasteiger partial charge in [-0.25, -0.2) is 9.98 Å². The molecule has 0 amide bonds. The standard InChI is InChI=1S/C19H20N6/c1-5-13(3)23-19(24-17-10-12(2)6-8-20-17)18-14(4)15(11-21-18)16-7-9-22-25-16/h5-11,21H,1,3H2,2,4H3,(H,22,25)(H,20,23,24). The molecular formula is C19H20N6. The summed E-state index contributed by atoms with van der Waals surface area (Å²) < 4.78 is 0. The fraction of sp³-hybridized carbons (Fsp3) is 0.105. The van der Waals surface area contributed by atoms with Crippen LogP contribution < -0.4 is 5.32 Å². The molecule has 0 aliphatic carbocycles. The summed E-state index contributed by atoms with van der Waals surface area (Å²) in [6.07, 6.45) is 7.04. The molecule has 0 aromatic carbocycles. The van der Waals surface area contributed by atoms with E-state index in [4.69, 9.17) is 0 Å². The van der Waals surface area contributed by atoms with E-state index in [0.717, 1.165) is 28.1 Å². The molecule has 6 nitrogen and oxygen atoms in total. The number of pyridine rings is 1. The fourth-order valence-electron chi connectivity index (χ4n) is 2.47. The van der Waals surface area contributed by atoms with Gasteiger partial charge in [0.05, 0.1) is 11.4 Å². The van der Waals surface area contributed by atoms with Crippen molar-refractivity contribution in [2.75, 3.05) is 0 Å². The van der Waals surface area contributed by atoms with Crippen molar-refractivity contribution >= 4 is 11.7 Å². The van der Waals surface area contributed by atoms with Gasteiger partial charge in [0.1, 0.15) is 0 Å². The Labute approximate surface area is 146 Å². The number of aromatic nitrogens is 4. The SMILES string of the molecule is C=CC(=C)NC(=Nc1cc(C)ccn1)c1[nH]cc(-c2ccn[nH]2)c1C. The number of allylic oxidation sites excluding steroid dienone is 1. The molecule has 6 heteroatoms. The van der Waals surface area contributed by atoms with Crippen molar-refractivity contribution in [3.05, 3.63) is 78.5 Å². The molecule has 3 aromatic heterocycles. The Bertz CT molecular complexity index is 931. The lowest BCUT2D eigenvalue weighted by molar-refractivity contribution is 1.09. The lowest BCUT2D eigenvalue weighted by Gasteiger charge is -2.10. The van der Waals surface area contributed by atoms with Crippen LogP contribution in [-0.2, 0) is 0 Å². The summed E-state index contributed by atoms with van der Waals surface area (Å²) in [6, 6.07) is 5.78. The van der Waals surface area contributed by atoms with Crippen LogP contribution in [-0.4, -0.2) is 26.0 Å². The average molecular weight is 332 g/mol. The van der Waals surface area contributed by atoms with Crippen LogP contribution in [0.25, 0.3) is 11.3 Å². The molecule has 0 aliphatic rings. The van der Waals surface area contributed by atoms with E-state index in [1.165, 1.54) is 0 Å². The van der Waals surface area contributed by atoms with Gasteiger partial charge in [-0.15, -0.1) is 0 Å². The zero-order chi connectivity index (χ0) is 17.8. The van der Waals surface area contributed by atoms with Gasteiger partial charge in [-0.1, -0.05) is 13.2 Å². The summed E-state index contributed by atoms with van der Waals surface area (Å²) in [5, 5.41) is 10.2. The Kier molecular flexibility index (Phi) is 4.61.